The van der Waals surface area contributed by atoms with Gasteiger partial charge in [0.25, 0.3) is 0 Å². The monoisotopic (exact) mass is 172 g/mol. The van der Waals surface area contributed by atoms with Gasteiger partial charge in [-0.05, 0) is 12.8 Å². The summed E-state index contributed by atoms with van der Waals surface area (Å²) in [6.07, 6.45) is 12.4. The van der Waals surface area contributed by atoms with Crippen LogP contribution >= 0.6 is 0 Å². The van der Waals surface area contributed by atoms with E-state index in [4.69, 9.17) is 6.42 Å². The van der Waals surface area contributed by atoms with Crippen LogP contribution in [0.15, 0.2) is 0 Å². The topological polar surface area (TPSA) is 0 Å². The molecule has 0 saturated carbocycles. The number of unbranched alkanes of at least 4 members (excludes halogenated alkanes) is 4. The second kappa shape index (κ2) is 11.0. The quantitative estimate of drug-likeness (QED) is 0.265. The minimum Gasteiger partial charge on any atom is -0.694 e. The van der Waals surface area contributed by atoms with Gasteiger partial charge >= 0.3 is 17.1 Å². The largest absolute Gasteiger partial charge is 1.00 e. The third-order valence-electron chi connectivity index (χ3n) is 1.16. The summed E-state index contributed by atoms with van der Waals surface area (Å²) in [5.41, 5.74) is 0. The molecule has 56 valence electrons. The van der Waals surface area contributed by atoms with E-state index in [0.29, 0.717) is 0 Å². The van der Waals surface area contributed by atoms with Crippen molar-refractivity contribution in [1.82, 2.24) is 0 Å². The summed E-state index contributed by atoms with van der Waals surface area (Å²) in [6.45, 7) is 2.19. The van der Waals surface area contributed by atoms with Crippen molar-refractivity contribution in [3.05, 3.63) is 6.42 Å². The fraction of sp³-hybridized carbons (Fsp3) is 0.750. The molecule has 1 heteroatoms. The zero-order chi connectivity index (χ0) is 6.24. The Hall–Kier alpha value is 0.0795. The van der Waals surface area contributed by atoms with E-state index in [0.717, 1.165) is 12.8 Å². The molecule has 0 aliphatic rings. The van der Waals surface area contributed by atoms with Gasteiger partial charge in [0.15, 0.2) is 0 Å². The van der Waals surface area contributed by atoms with E-state index in [-0.39, 0.29) is 17.1 Å². The van der Waals surface area contributed by atoms with Crippen molar-refractivity contribution < 1.29 is 17.1 Å². The molecule has 0 N–H and O–H groups in total. The third-order valence-corrected chi connectivity index (χ3v) is 1.16. The fourth-order valence-electron chi connectivity index (χ4n) is 0.640. The van der Waals surface area contributed by atoms with Crippen LogP contribution in [0.2, 0.25) is 0 Å². The molecule has 0 bridgehead atoms. The summed E-state index contributed by atoms with van der Waals surface area (Å²) in [5.74, 6) is 2.38. The molecule has 0 saturated heterocycles. The first-order chi connectivity index (χ1) is 3.91. The first-order valence-electron chi connectivity index (χ1n) is 3.31. The molecule has 0 aliphatic carbocycles. The Morgan fingerprint density at radius 3 is 2.33 bits per heavy atom. The van der Waals surface area contributed by atoms with Crippen molar-refractivity contribution in [2.24, 2.45) is 0 Å². The summed E-state index contributed by atoms with van der Waals surface area (Å²) in [6, 6.07) is 0. The molecule has 0 aliphatic heterocycles. The van der Waals surface area contributed by atoms with Crippen molar-refractivity contribution in [2.45, 2.75) is 39.0 Å². The van der Waals surface area contributed by atoms with E-state index in [1.54, 1.807) is 0 Å². The van der Waals surface area contributed by atoms with Crippen LogP contribution < -0.4 is 0 Å². The van der Waals surface area contributed by atoms with E-state index in [1.165, 1.54) is 19.3 Å². The van der Waals surface area contributed by atoms with Crippen LogP contribution in [-0.4, -0.2) is 0 Å². The Labute approximate surface area is 68.9 Å². The fourth-order valence-corrected chi connectivity index (χ4v) is 0.640. The van der Waals surface area contributed by atoms with Crippen LogP contribution in [0.4, 0.5) is 0 Å². The molecule has 0 aromatic rings. The van der Waals surface area contributed by atoms with E-state index >= 15 is 0 Å². The standard InChI is InChI=1S/C8H13.Cu/c1-3-5-7-8-6-4-2;/h3,5-8H2,1H3;/q-1;+1. The Morgan fingerprint density at radius 2 is 1.89 bits per heavy atom. The first kappa shape index (κ1) is 11.8. The zero-order valence-corrected chi connectivity index (χ0v) is 6.78. The molecule has 9 heavy (non-hydrogen) atoms. The maximum absolute atomic E-state index is 6.59. The van der Waals surface area contributed by atoms with E-state index in [2.05, 4.69) is 12.8 Å². The molecule has 0 atom stereocenters. The minimum atomic E-state index is 0. The molecule has 0 amide bonds. The SMILES string of the molecule is [C-]#CCCCCCC.[Cu+]. The first-order valence-corrected chi connectivity index (χ1v) is 3.31. The molecule has 0 rings (SSSR count). The van der Waals surface area contributed by atoms with Gasteiger partial charge in [0.1, 0.15) is 0 Å². The van der Waals surface area contributed by atoms with Gasteiger partial charge in [-0.25, -0.2) is 0 Å². The molecule has 0 nitrogen and oxygen atoms in total. The van der Waals surface area contributed by atoms with Crippen molar-refractivity contribution in [3.8, 4) is 5.92 Å². The molecular formula is C8H13Cu. The van der Waals surface area contributed by atoms with Crippen molar-refractivity contribution in [2.75, 3.05) is 0 Å². The van der Waals surface area contributed by atoms with Crippen molar-refractivity contribution in [3.63, 3.8) is 0 Å². The second-order valence-electron chi connectivity index (χ2n) is 1.99. The smallest absolute Gasteiger partial charge is 0.694 e. The van der Waals surface area contributed by atoms with Crippen LogP contribution in [0.1, 0.15) is 39.0 Å². The van der Waals surface area contributed by atoms with Crippen LogP contribution in [0, 0.1) is 12.3 Å². The van der Waals surface area contributed by atoms with Gasteiger partial charge < -0.3 is 12.3 Å². The summed E-state index contributed by atoms with van der Waals surface area (Å²) < 4.78 is 0. The van der Waals surface area contributed by atoms with Gasteiger partial charge in [-0.3, -0.25) is 0 Å². The normalized spacial score (nSPS) is 7.56. The maximum Gasteiger partial charge on any atom is 1.00 e. The van der Waals surface area contributed by atoms with Gasteiger partial charge in [-0.2, -0.15) is 0 Å². The Kier molecular flexibility index (Phi) is 14.4. The van der Waals surface area contributed by atoms with Crippen molar-refractivity contribution in [1.29, 1.82) is 0 Å². The van der Waals surface area contributed by atoms with Crippen LogP contribution in [-0.2, 0) is 17.1 Å². The van der Waals surface area contributed by atoms with Crippen LogP contribution in [0.25, 0.3) is 0 Å². The number of rotatable bonds is 4. The van der Waals surface area contributed by atoms with Gasteiger partial charge in [-0.1, -0.05) is 26.2 Å². The van der Waals surface area contributed by atoms with Crippen molar-refractivity contribution >= 4 is 0 Å². The average molecular weight is 173 g/mol. The molecule has 0 radical (unpaired) electrons. The van der Waals surface area contributed by atoms with Gasteiger partial charge in [-0.15, -0.1) is 0 Å². The van der Waals surface area contributed by atoms with E-state index in [1.807, 2.05) is 0 Å². The minimum absolute atomic E-state index is 0. The van der Waals surface area contributed by atoms with E-state index < -0.39 is 0 Å². The van der Waals surface area contributed by atoms with Crippen LogP contribution in [0.5, 0.6) is 0 Å². The summed E-state index contributed by atoms with van der Waals surface area (Å²) in [4.78, 5) is 0. The predicted molar refractivity (Wildman–Crippen MR) is 35.9 cm³/mol. The molecule has 0 unspecified atom stereocenters. The maximum atomic E-state index is 6.59. The molecule has 0 aromatic heterocycles. The predicted octanol–water partition coefficient (Wildman–Crippen LogP) is 2.54. The zero-order valence-electron chi connectivity index (χ0n) is 5.84. The summed E-state index contributed by atoms with van der Waals surface area (Å²) in [5, 5.41) is 0. The van der Waals surface area contributed by atoms with E-state index in [9.17, 15) is 0 Å². The Bertz CT molecular complexity index is 71.1. The molecular weight excluding hydrogens is 160 g/mol. The van der Waals surface area contributed by atoms with Gasteiger partial charge in [0, 0.05) is 0 Å². The average Bonchev–Trinajstić information content (AvgIpc) is 1.81. The Morgan fingerprint density at radius 1 is 1.22 bits per heavy atom. The van der Waals surface area contributed by atoms with Gasteiger partial charge in [0.05, 0.1) is 0 Å². The number of hydrogen-bond donors (Lipinski definition) is 0. The summed E-state index contributed by atoms with van der Waals surface area (Å²) >= 11 is 0. The molecule has 0 heterocycles. The third kappa shape index (κ3) is 11.6. The Balaban J connectivity index is 0. The van der Waals surface area contributed by atoms with Gasteiger partial charge in [0.2, 0.25) is 0 Å². The number of hydrogen-bond acceptors (Lipinski definition) is 0. The van der Waals surface area contributed by atoms with Crippen LogP contribution in [0.3, 0.4) is 0 Å². The second-order valence-corrected chi connectivity index (χ2v) is 1.99. The molecule has 0 aromatic carbocycles. The summed E-state index contributed by atoms with van der Waals surface area (Å²) in [7, 11) is 0. The molecule has 0 spiro atoms. The molecule has 0 fully saturated rings.